The number of hydrogen-bond acceptors (Lipinski definition) is 4. The maximum absolute atomic E-state index is 5.81. The van der Waals surface area contributed by atoms with Gasteiger partial charge in [0, 0.05) is 24.9 Å². The van der Waals surface area contributed by atoms with Crippen LogP contribution < -0.4 is 10.5 Å². The fraction of sp³-hybridized carbons (Fsp3) is 0.467. The Hall–Kier alpha value is -1.88. The zero-order chi connectivity index (χ0) is 14.4. The molecule has 0 radical (unpaired) electrons. The minimum Gasteiger partial charge on any atom is -0.491 e. The molecule has 1 heterocycles. The topological polar surface area (TPSA) is 66.0 Å². The smallest absolute Gasteiger partial charge is 0.150 e. The highest BCUT2D eigenvalue weighted by Gasteiger charge is 2.07. The van der Waals surface area contributed by atoms with Crippen LogP contribution in [0.4, 0.5) is 0 Å². The summed E-state index contributed by atoms with van der Waals surface area (Å²) in [5.41, 5.74) is 6.72. The summed E-state index contributed by atoms with van der Waals surface area (Å²) in [4.78, 5) is 4.48. The van der Waals surface area contributed by atoms with Crippen molar-refractivity contribution in [1.29, 1.82) is 0 Å². The standard InChI is InChI=1S/C15H22N4O/c1-3-14-17-15(4-2)19(18-14)9-10-20-13-8-6-5-7-12(13)11-16/h5-8H,3-4,9-11,16H2,1-2H3. The predicted octanol–water partition coefficient (Wildman–Crippen LogP) is 1.94. The van der Waals surface area contributed by atoms with Gasteiger partial charge in [-0.3, -0.25) is 0 Å². The summed E-state index contributed by atoms with van der Waals surface area (Å²) in [6.07, 6.45) is 1.74. The Kier molecular flexibility index (Phi) is 5.12. The highest BCUT2D eigenvalue weighted by atomic mass is 16.5. The molecule has 0 bridgehead atoms. The molecular weight excluding hydrogens is 252 g/mol. The van der Waals surface area contributed by atoms with Crippen molar-refractivity contribution in [1.82, 2.24) is 14.8 Å². The molecule has 2 N–H and O–H groups in total. The molecule has 0 aliphatic heterocycles. The summed E-state index contributed by atoms with van der Waals surface area (Å²) < 4.78 is 7.74. The van der Waals surface area contributed by atoms with Crippen LogP contribution in [-0.2, 0) is 25.9 Å². The van der Waals surface area contributed by atoms with Crippen LogP contribution in [0, 0.1) is 0 Å². The van der Waals surface area contributed by atoms with E-state index < -0.39 is 0 Å². The van der Waals surface area contributed by atoms with E-state index in [1.54, 1.807) is 0 Å². The van der Waals surface area contributed by atoms with Gasteiger partial charge in [-0.15, -0.1) is 0 Å². The largest absolute Gasteiger partial charge is 0.491 e. The van der Waals surface area contributed by atoms with E-state index in [0.717, 1.165) is 35.8 Å². The minimum atomic E-state index is 0.486. The van der Waals surface area contributed by atoms with E-state index in [0.29, 0.717) is 19.7 Å². The lowest BCUT2D eigenvalue weighted by Gasteiger charge is -2.10. The van der Waals surface area contributed by atoms with Crippen LogP contribution in [0.1, 0.15) is 31.1 Å². The number of nitrogens with two attached hydrogens (primary N) is 1. The predicted molar refractivity (Wildman–Crippen MR) is 78.6 cm³/mol. The number of para-hydroxylation sites is 1. The summed E-state index contributed by atoms with van der Waals surface area (Å²) in [5, 5.41) is 4.47. The van der Waals surface area contributed by atoms with Crippen molar-refractivity contribution in [2.24, 2.45) is 5.73 Å². The van der Waals surface area contributed by atoms with E-state index in [2.05, 4.69) is 23.9 Å². The van der Waals surface area contributed by atoms with Gasteiger partial charge < -0.3 is 10.5 Å². The molecule has 20 heavy (non-hydrogen) atoms. The van der Waals surface area contributed by atoms with Crippen molar-refractivity contribution in [2.75, 3.05) is 6.61 Å². The van der Waals surface area contributed by atoms with E-state index >= 15 is 0 Å². The molecular formula is C15H22N4O. The molecule has 5 nitrogen and oxygen atoms in total. The fourth-order valence-electron chi connectivity index (χ4n) is 2.07. The number of ether oxygens (including phenoxy) is 1. The van der Waals surface area contributed by atoms with Crippen molar-refractivity contribution in [3.8, 4) is 5.75 Å². The summed E-state index contributed by atoms with van der Waals surface area (Å²) in [6.45, 7) is 5.91. The maximum atomic E-state index is 5.81. The van der Waals surface area contributed by atoms with E-state index in [1.165, 1.54) is 0 Å². The van der Waals surface area contributed by atoms with Crippen molar-refractivity contribution < 1.29 is 4.74 Å². The third-order valence-corrected chi connectivity index (χ3v) is 3.18. The lowest BCUT2D eigenvalue weighted by molar-refractivity contribution is 0.286. The third-order valence-electron chi connectivity index (χ3n) is 3.18. The number of hydrogen-bond donors (Lipinski definition) is 1. The molecule has 1 aromatic carbocycles. The van der Waals surface area contributed by atoms with E-state index in [1.807, 2.05) is 28.9 Å². The Labute approximate surface area is 119 Å². The lowest BCUT2D eigenvalue weighted by Crippen LogP contribution is -2.13. The molecule has 0 aliphatic rings. The first-order valence-corrected chi connectivity index (χ1v) is 7.11. The van der Waals surface area contributed by atoms with Crippen molar-refractivity contribution in [3.05, 3.63) is 41.5 Å². The number of benzene rings is 1. The number of aryl methyl sites for hydroxylation is 2. The van der Waals surface area contributed by atoms with Crippen LogP contribution in [0.15, 0.2) is 24.3 Å². The van der Waals surface area contributed by atoms with Crippen LogP contribution in [0.2, 0.25) is 0 Å². The van der Waals surface area contributed by atoms with Gasteiger partial charge in [0.1, 0.15) is 18.2 Å². The highest BCUT2D eigenvalue weighted by molar-refractivity contribution is 5.32. The molecule has 0 saturated heterocycles. The van der Waals surface area contributed by atoms with Gasteiger partial charge >= 0.3 is 0 Å². The molecule has 0 unspecified atom stereocenters. The van der Waals surface area contributed by atoms with Gasteiger partial charge in [0.2, 0.25) is 0 Å². The molecule has 0 atom stereocenters. The Morgan fingerprint density at radius 3 is 2.70 bits per heavy atom. The second-order valence-electron chi connectivity index (χ2n) is 4.53. The summed E-state index contributed by atoms with van der Waals surface area (Å²) in [6, 6.07) is 7.85. The van der Waals surface area contributed by atoms with E-state index in [4.69, 9.17) is 10.5 Å². The zero-order valence-electron chi connectivity index (χ0n) is 12.2. The van der Waals surface area contributed by atoms with E-state index in [-0.39, 0.29) is 0 Å². The van der Waals surface area contributed by atoms with Gasteiger partial charge in [-0.05, 0) is 6.07 Å². The van der Waals surface area contributed by atoms with Crippen molar-refractivity contribution in [3.63, 3.8) is 0 Å². The van der Waals surface area contributed by atoms with Gasteiger partial charge in [0.25, 0.3) is 0 Å². The summed E-state index contributed by atoms with van der Waals surface area (Å²) in [5.74, 6) is 2.76. The zero-order valence-corrected chi connectivity index (χ0v) is 12.2. The molecule has 2 aromatic rings. The molecule has 0 aliphatic carbocycles. The molecule has 108 valence electrons. The summed E-state index contributed by atoms with van der Waals surface area (Å²) >= 11 is 0. The van der Waals surface area contributed by atoms with Crippen LogP contribution in [0.3, 0.4) is 0 Å². The average Bonchev–Trinajstić information content (AvgIpc) is 2.90. The van der Waals surface area contributed by atoms with Gasteiger partial charge in [-0.2, -0.15) is 5.10 Å². The van der Waals surface area contributed by atoms with Gasteiger partial charge in [0.05, 0.1) is 6.54 Å². The van der Waals surface area contributed by atoms with Crippen LogP contribution in [0.25, 0.3) is 0 Å². The van der Waals surface area contributed by atoms with Crippen LogP contribution in [-0.4, -0.2) is 21.4 Å². The Morgan fingerprint density at radius 1 is 1.20 bits per heavy atom. The average molecular weight is 274 g/mol. The van der Waals surface area contributed by atoms with Crippen molar-refractivity contribution >= 4 is 0 Å². The quantitative estimate of drug-likeness (QED) is 0.838. The maximum Gasteiger partial charge on any atom is 0.150 e. The third kappa shape index (κ3) is 3.36. The SMILES string of the molecule is CCc1nc(CC)n(CCOc2ccccc2CN)n1. The lowest BCUT2D eigenvalue weighted by atomic mass is 10.2. The van der Waals surface area contributed by atoms with Crippen LogP contribution in [0.5, 0.6) is 5.75 Å². The molecule has 5 heteroatoms. The first kappa shape index (κ1) is 14.5. The van der Waals surface area contributed by atoms with Gasteiger partial charge in [-0.25, -0.2) is 9.67 Å². The normalized spacial score (nSPS) is 10.8. The van der Waals surface area contributed by atoms with E-state index in [9.17, 15) is 0 Å². The van der Waals surface area contributed by atoms with Crippen LogP contribution >= 0.6 is 0 Å². The monoisotopic (exact) mass is 274 g/mol. The Balaban J connectivity index is 1.97. The highest BCUT2D eigenvalue weighted by Crippen LogP contribution is 2.17. The Morgan fingerprint density at radius 2 is 2.00 bits per heavy atom. The number of nitrogens with zero attached hydrogens (tertiary/aromatic N) is 3. The second kappa shape index (κ2) is 7.05. The molecule has 0 fully saturated rings. The first-order chi connectivity index (χ1) is 9.78. The Bertz CT molecular complexity index is 551. The molecule has 0 spiro atoms. The van der Waals surface area contributed by atoms with Gasteiger partial charge in [-0.1, -0.05) is 32.0 Å². The van der Waals surface area contributed by atoms with Gasteiger partial charge in [0.15, 0.2) is 5.82 Å². The number of rotatable bonds is 7. The molecule has 2 rings (SSSR count). The molecule has 0 saturated carbocycles. The minimum absolute atomic E-state index is 0.486. The second-order valence-corrected chi connectivity index (χ2v) is 4.53. The van der Waals surface area contributed by atoms with Crippen molar-refractivity contribution in [2.45, 2.75) is 39.8 Å². The molecule has 1 aromatic heterocycles. The fourth-order valence-corrected chi connectivity index (χ4v) is 2.07. The summed E-state index contributed by atoms with van der Waals surface area (Å²) in [7, 11) is 0. The first-order valence-electron chi connectivity index (χ1n) is 7.11. The molecule has 0 amide bonds. The number of aromatic nitrogens is 3.